The van der Waals surface area contributed by atoms with Crippen molar-refractivity contribution in [3.8, 4) is 0 Å². The predicted octanol–water partition coefficient (Wildman–Crippen LogP) is 0.792. The Labute approximate surface area is 92.0 Å². The second-order valence-corrected chi connectivity index (χ2v) is 4.20. The average Bonchev–Trinajstić information content (AvgIpc) is 2.21. The maximum Gasteiger partial charge on any atom is 0.309 e. The van der Waals surface area contributed by atoms with E-state index in [4.69, 9.17) is 5.11 Å². The highest BCUT2D eigenvalue weighted by atomic mass is 16.5. The zero-order chi connectivity index (χ0) is 11.8. The Morgan fingerprint density at radius 1 is 1.40 bits per heavy atom. The summed E-state index contributed by atoms with van der Waals surface area (Å²) in [5, 5.41) is 12.1. The van der Waals surface area contributed by atoms with Gasteiger partial charge in [0.05, 0.1) is 13.0 Å². The molecule has 2 atom stereocenters. The molecule has 4 nitrogen and oxygen atoms in total. The van der Waals surface area contributed by atoms with Crippen molar-refractivity contribution in [3.05, 3.63) is 0 Å². The molecule has 0 aromatic carbocycles. The first-order valence-corrected chi connectivity index (χ1v) is 5.45. The van der Waals surface area contributed by atoms with Crippen molar-refractivity contribution in [2.45, 2.75) is 33.2 Å². The summed E-state index contributed by atoms with van der Waals surface area (Å²) in [4.78, 5) is 11.1. The number of carbonyl (C=O) groups is 1. The van der Waals surface area contributed by atoms with E-state index in [1.54, 1.807) is 0 Å². The van der Waals surface area contributed by atoms with E-state index in [0.29, 0.717) is 18.9 Å². The van der Waals surface area contributed by atoms with Gasteiger partial charge in [-0.3, -0.25) is 4.79 Å². The van der Waals surface area contributed by atoms with Gasteiger partial charge in [0.1, 0.15) is 0 Å². The topological polar surface area (TPSA) is 58.6 Å². The maximum absolute atomic E-state index is 11.1. The van der Waals surface area contributed by atoms with Gasteiger partial charge in [-0.15, -0.1) is 0 Å². The number of rotatable bonds is 7. The number of aliphatic hydroxyl groups excluding tert-OH is 1. The first-order valence-electron chi connectivity index (χ1n) is 5.45. The van der Waals surface area contributed by atoms with Crippen LogP contribution in [0.25, 0.3) is 0 Å². The van der Waals surface area contributed by atoms with E-state index in [9.17, 15) is 4.79 Å². The Kier molecular flexibility index (Phi) is 7.34. The van der Waals surface area contributed by atoms with Crippen LogP contribution in [0.2, 0.25) is 0 Å². The number of hydrogen-bond donors (Lipinski definition) is 2. The van der Waals surface area contributed by atoms with Gasteiger partial charge in [0, 0.05) is 19.2 Å². The van der Waals surface area contributed by atoms with Gasteiger partial charge in [-0.1, -0.05) is 20.8 Å². The lowest BCUT2D eigenvalue weighted by Gasteiger charge is -2.23. The number of hydrogen-bond acceptors (Lipinski definition) is 4. The van der Waals surface area contributed by atoms with Gasteiger partial charge in [0.25, 0.3) is 0 Å². The summed E-state index contributed by atoms with van der Waals surface area (Å²) < 4.78 is 4.64. The SMILES string of the molecule is COC(=O)C(C)CNC(CCO)C(C)C. The van der Waals surface area contributed by atoms with Crippen molar-refractivity contribution in [1.82, 2.24) is 5.32 Å². The van der Waals surface area contributed by atoms with Crippen LogP contribution in [-0.4, -0.2) is 37.4 Å². The van der Waals surface area contributed by atoms with Crippen LogP contribution in [0, 0.1) is 11.8 Å². The van der Waals surface area contributed by atoms with Gasteiger partial charge in [-0.25, -0.2) is 0 Å². The fraction of sp³-hybridized carbons (Fsp3) is 0.909. The molecule has 0 bridgehead atoms. The molecule has 0 saturated carbocycles. The first-order chi connectivity index (χ1) is 7.02. The summed E-state index contributed by atoms with van der Waals surface area (Å²) in [6.45, 7) is 6.78. The standard InChI is InChI=1S/C11H23NO3/c1-8(2)10(5-6-13)12-7-9(3)11(14)15-4/h8-10,12-13H,5-7H2,1-4H3. The fourth-order valence-electron chi connectivity index (χ4n) is 1.42. The molecule has 0 amide bonds. The van der Waals surface area contributed by atoms with E-state index in [0.717, 1.165) is 0 Å². The molecule has 0 spiro atoms. The zero-order valence-corrected chi connectivity index (χ0v) is 10.1. The quantitative estimate of drug-likeness (QED) is 0.619. The third-order valence-electron chi connectivity index (χ3n) is 2.53. The molecule has 0 aliphatic rings. The van der Waals surface area contributed by atoms with Crippen LogP contribution in [0.1, 0.15) is 27.2 Å². The van der Waals surface area contributed by atoms with Gasteiger partial charge in [0.15, 0.2) is 0 Å². The third kappa shape index (κ3) is 5.74. The van der Waals surface area contributed by atoms with Crippen LogP contribution in [0.15, 0.2) is 0 Å². The van der Waals surface area contributed by atoms with E-state index in [2.05, 4.69) is 23.9 Å². The molecular formula is C11H23NO3. The van der Waals surface area contributed by atoms with Crippen LogP contribution < -0.4 is 5.32 Å². The van der Waals surface area contributed by atoms with Crippen LogP contribution in [0.3, 0.4) is 0 Å². The summed E-state index contributed by atoms with van der Waals surface area (Å²) in [5.41, 5.74) is 0. The number of carbonyl (C=O) groups excluding carboxylic acids is 1. The van der Waals surface area contributed by atoms with Crippen LogP contribution in [-0.2, 0) is 9.53 Å². The largest absolute Gasteiger partial charge is 0.469 e. The molecule has 4 heteroatoms. The lowest BCUT2D eigenvalue weighted by Crippen LogP contribution is -2.39. The molecule has 2 unspecified atom stereocenters. The minimum atomic E-state index is -0.200. The van der Waals surface area contributed by atoms with Gasteiger partial charge in [0.2, 0.25) is 0 Å². The monoisotopic (exact) mass is 217 g/mol. The Morgan fingerprint density at radius 2 is 2.00 bits per heavy atom. The average molecular weight is 217 g/mol. The molecule has 90 valence electrons. The summed E-state index contributed by atoms with van der Waals surface area (Å²) in [6, 6.07) is 0.252. The summed E-state index contributed by atoms with van der Waals surface area (Å²) in [5.74, 6) is 0.103. The molecule has 0 fully saturated rings. The van der Waals surface area contributed by atoms with Gasteiger partial charge in [-0.05, 0) is 12.3 Å². The van der Waals surface area contributed by atoms with Crippen molar-refractivity contribution in [3.63, 3.8) is 0 Å². The Morgan fingerprint density at radius 3 is 2.40 bits per heavy atom. The highest BCUT2D eigenvalue weighted by molar-refractivity contribution is 5.72. The molecule has 0 aromatic rings. The highest BCUT2D eigenvalue weighted by Gasteiger charge is 2.17. The van der Waals surface area contributed by atoms with E-state index in [1.807, 2.05) is 6.92 Å². The third-order valence-corrected chi connectivity index (χ3v) is 2.53. The van der Waals surface area contributed by atoms with Gasteiger partial charge >= 0.3 is 5.97 Å². The van der Waals surface area contributed by atoms with E-state index >= 15 is 0 Å². The minimum Gasteiger partial charge on any atom is -0.469 e. The van der Waals surface area contributed by atoms with E-state index < -0.39 is 0 Å². The van der Waals surface area contributed by atoms with Crippen molar-refractivity contribution >= 4 is 5.97 Å². The number of esters is 1. The predicted molar refractivity (Wildman–Crippen MR) is 59.5 cm³/mol. The van der Waals surface area contributed by atoms with Crippen molar-refractivity contribution < 1.29 is 14.6 Å². The second-order valence-electron chi connectivity index (χ2n) is 4.20. The smallest absolute Gasteiger partial charge is 0.309 e. The molecule has 0 rings (SSSR count). The minimum absolute atomic E-state index is 0.144. The molecule has 0 heterocycles. The lowest BCUT2D eigenvalue weighted by atomic mass is 10.0. The summed E-state index contributed by atoms with van der Waals surface area (Å²) >= 11 is 0. The van der Waals surface area contributed by atoms with E-state index in [1.165, 1.54) is 7.11 Å². The molecule has 2 N–H and O–H groups in total. The van der Waals surface area contributed by atoms with Gasteiger partial charge in [-0.2, -0.15) is 0 Å². The highest BCUT2D eigenvalue weighted by Crippen LogP contribution is 2.06. The van der Waals surface area contributed by atoms with E-state index in [-0.39, 0.29) is 24.5 Å². The van der Waals surface area contributed by atoms with Crippen molar-refractivity contribution in [2.75, 3.05) is 20.3 Å². The zero-order valence-electron chi connectivity index (χ0n) is 10.1. The van der Waals surface area contributed by atoms with Crippen LogP contribution >= 0.6 is 0 Å². The Hall–Kier alpha value is -0.610. The first kappa shape index (κ1) is 14.4. The molecule has 15 heavy (non-hydrogen) atoms. The van der Waals surface area contributed by atoms with Crippen LogP contribution in [0.4, 0.5) is 0 Å². The number of methoxy groups -OCH3 is 1. The maximum atomic E-state index is 11.1. The molecule has 0 saturated heterocycles. The Balaban J connectivity index is 3.93. The molecule has 0 radical (unpaired) electrons. The number of nitrogens with one attached hydrogen (secondary N) is 1. The number of aliphatic hydroxyl groups is 1. The Bertz CT molecular complexity index is 183. The molecular weight excluding hydrogens is 194 g/mol. The second kappa shape index (κ2) is 7.65. The van der Waals surface area contributed by atoms with Crippen molar-refractivity contribution in [1.29, 1.82) is 0 Å². The molecule has 0 aliphatic heterocycles. The van der Waals surface area contributed by atoms with Crippen molar-refractivity contribution in [2.24, 2.45) is 11.8 Å². The fourth-order valence-corrected chi connectivity index (χ4v) is 1.42. The summed E-state index contributed by atoms with van der Waals surface area (Å²) in [6.07, 6.45) is 0.714. The number of ether oxygens (including phenoxy) is 1. The molecule has 0 aliphatic carbocycles. The lowest BCUT2D eigenvalue weighted by molar-refractivity contribution is -0.144. The molecule has 0 aromatic heterocycles. The normalized spacial score (nSPS) is 15.1. The summed E-state index contributed by atoms with van der Waals surface area (Å²) in [7, 11) is 1.40. The van der Waals surface area contributed by atoms with Crippen LogP contribution in [0.5, 0.6) is 0 Å². The van der Waals surface area contributed by atoms with Gasteiger partial charge < -0.3 is 15.2 Å².